The third-order valence-electron chi connectivity index (χ3n) is 2.71. The maximum absolute atomic E-state index is 4.39. The first-order valence-electron chi connectivity index (χ1n) is 5.64. The summed E-state index contributed by atoms with van der Waals surface area (Å²) in [5.74, 6) is 0. The van der Waals surface area contributed by atoms with E-state index in [1.807, 2.05) is 30.3 Å². The Bertz CT molecular complexity index is 491. The molecule has 2 heteroatoms. The van der Waals surface area contributed by atoms with Crippen LogP contribution in [0.15, 0.2) is 61.4 Å². The lowest BCUT2D eigenvalue weighted by molar-refractivity contribution is 1.06. The van der Waals surface area contributed by atoms with E-state index in [1.165, 1.54) is 5.56 Å². The van der Waals surface area contributed by atoms with Gasteiger partial charge in [-0.2, -0.15) is 0 Å². The summed E-state index contributed by atoms with van der Waals surface area (Å²) in [5, 5.41) is 0. The van der Waals surface area contributed by atoms with Gasteiger partial charge in [-0.1, -0.05) is 36.9 Å². The predicted octanol–water partition coefficient (Wildman–Crippen LogP) is 3.25. The fourth-order valence-corrected chi connectivity index (χ4v) is 1.69. The lowest BCUT2D eigenvalue weighted by Gasteiger charge is -2.14. The monoisotopic (exact) mass is 224 g/mol. The van der Waals surface area contributed by atoms with E-state index in [0.29, 0.717) is 0 Å². The minimum atomic E-state index is 0.861. The van der Waals surface area contributed by atoms with Crippen molar-refractivity contribution in [1.29, 1.82) is 0 Å². The van der Waals surface area contributed by atoms with Crippen molar-refractivity contribution in [3.8, 4) is 0 Å². The molecule has 2 nitrogen and oxygen atoms in total. The third kappa shape index (κ3) is 2.94. The SMILES string of the molecule is C=CN(C)c1ccnc(Cc2ccccc2)c1. The van der Waals surface area contributed by atoms with Crippen LogP contribution < -0.4 is 4.90 Å². The molecule has 0 atom stereocenters. The average molecular weight is 224 g/mol. The van der Waals surface area contributed by atoms with Crippen molar-refractivity contribution in [3.63, 3.8) is 0 Å². The van der Waals surface area contributed by atoms with Gasteiger partial charge in [0.2, 0.25) is 0 Å². The van der Waals surface area contributed by atoms with Crippen LogP contribution in [0, 0.1) is 0 Å². The molecule has 0 radical (unpaired) electrons. The Hall–Kier alpha value is -2.09. The Morgan fingerprint density at radius 1 is 1.24 bits per heavy atom. The van der Waals surface area contributed by atoms with Crippen molar-refractivity contribution in [2.75, 3.05) is 11.9 Å². The highest BCUT2D eigenvalue weighted by Gasteiger charge is 2.01. The average Bonchev–Trinajstić information content (AvgIpc) is 2.39. The Kier molecular flexibility index (Phi) is 3.55. The summed E-state index contributed by atoms with van der Waals surface area (Å²) in [6, 6.07) is 14.4. The first kappa shape index (κ1) is 11.4. The van der Waals surface area contributed by atoms with Crippen LogP contribution in [-0.4, -0.2) is 12.0 Å². The normalized spacial score (nSPS) is 9.94. The van der Waals surface area contributed by atoms with Crippen LogP contribution in [0.4, 0.5) is 5.69 Å². The maximum atomic E-state index is 4.39. The van der Waals surface area contributed by atoms with Crippen LogP contribution in [0.25, 0.3) is 0 Å². The van der Waals surface area contributed by atoms with Crippen molar-refractivity contribution in [2.24, 2.45) is 0 Å². The molecule has 0 spiro atoms. The van der Waals surface area contributed by atoms with Crippen molar-refractivity contribution in [3.05, 3.63) is 72.7 Å². The molecule has 0 unspecified atom stereocenters. The van der Waals surface area contributed by atoms with Gasteiger partial charge in [0.1, 0.15) is 0 Å². The van der Waals surface area contributed by atoms with Crippen LogP contribution in [0.1, 0.15) is 11.3 Å². The van der Waals surface area contributed by atoms with Crippen LogP contribution in [0.5, 0.6) is 0 Å². The Labute approximate surface area is 102 Å². The second-order valence-corrected chi connectivity index (χ2v) is 3.96. The molecule has 2 aromatic rings. The van der Waals surface area contributed by atoms with E-state index in [9.17, 15) is 0 Å². The second-order valence-electron chi connectivity index (χ2n) is 3.96. The molecule has 86 valence electrons. The van der Waals surface area contributed by atoms with Gasteiger partial charge in [0.05, 0.1) is 0 Å². The highest BCUT2D eigenvalue weighted by Crippen LogP contribution is 2.15. The summed E-state index contributed by atoms with van der Waals surface area (Å²) in [6.07, 6.45) is 4.49. The Balaban J connectivity index is 2.19. The smallest absolute Gasteiger partial charge is 0.0468 e. The number of benzene rings is 1. The molecule has 0 aliphatic heterocycles. The molecule has 1 aromatic heterocycles. The third-order valence-corrected chi connectivity index (χ3v) is 2.71. The summed E-state index contributed by atoms with van der Waals surface area (Å²) < 4.78 is 0. The van der Waals surface area contributed by atoms with Gasteiger partial charge in [0.25, 0.3) is 0 Å². The maximum Gasteiger partial charge on any atom is 0.0468 e. The van der Waals surface area contributed by atoms with Gasteiger partial charge in [-0.15, -0.1) is 0 Å². The zero-order valence-corrected chi connectivity index (χ0v) is 10.0. The molecule has 1 heterocycles. The van der Waals surface area contributed by atoms with E-state index in [2.05, 4.69) is 41.9 Å². The van der Waals surface area contributed by atoms with E-state index in [-0.39, 0.29) is 0 Å². The van der Waals surface area contributed by atoms with E-state index in [1.54, 1.807) is 6.20 Å². The zero-order chi connectivity index (χ0) is 12.1. The molecule has 2 rings (SSSR count). The summed E-state index contributed by atoms with van der Waals surface area (Å²) in [7, 11) is 1.98. The molecule has 0 aliphatic rings. The van der Waals surface area contributed by atoms with Crippen molar-refractivity contribution in [2.45, 2.75) is 6.42 Å². The van der Waals surface area contributed by atoms with Crippen molar-refractivity contribution >= 4 is 5.69 Å². The lowest BCUT2D eigenvalue weighted by Crippen LogP contribution is -2.07. The number of anilines is 1. The highest BCUT2D eigenvalue weighted by molar-refractivity contribution is 5.48. The fraction of sp³-hybridized carbons (Fsp3) is 0.133. The number of hydrogen-bond donors (Lipinski definition) is 0. The fourth-order valence-electron chi connectivity index (χ4n) is 1.69. The molecular weight excluding hydrogens is 208 g/mol. The quantitative estimate of drug-likeness (QED) is 0.792. The van der Waals surface area contributed by atoms with Crippen LogP contribution >= 0.6 is 0 Å². The van der Waals surface area contributed by atoms with E-state index >= 15 is 0 Å². The van der Waals surface area contributed by atoms with E-state index < -0.39 is 0 Å². The highest BCUT2D eigenvalue weighted by atomic mass is 15.1. The van der Waals surface area contributed by atoms with Gasteiger partial charge in [0, 0.05) is 31.0 Å². The summed E-state index contributed by atoms with van der Waals surface area (Å²) in [4.78, 5) is 6.37. The number of hydrogen-bond acceptors (Lipinski definition) is 2. The second kappa shape index (κ2) is 5.30. The Morgan fingerprint density at radius 3 is 2.71 bits per heavy atom. The topological polar surface area (TPSA) is 16.1 Å². The molecular formula is C15H16N2. The first-order valence-corrected chi connectivity index (χ1v) is 5.64. The molecule has 0 N–H and O–H groups in total. The van der Waals surface area contributed by atoms with Crippen molar-refractivity contribution in [1.82, 2.24) is 4.98 Å². The summed E-state index contributed by atoms with van der Waals surface area (Å²) in [5.41, 5.74) is 3.46. The van der Waals surface area contributed by atoms with Gasteiger partial charge in [-0.25, -0.2) is 0 Å². The van der Waals surface area contributed by atoms with E-state index in [0.717, 1.165) is 17.8 Å². The van der Waals surface area contributed by atoms with Gasteiger partial charge in [-0.05, 0) is 23.9 Å². The molecule has 1 aromatic carbocycles. The number of rotatable bonds is 4. The molecule has 0 amide bonds. The van der Waals surface area contributed by atoms with E-state index in [4.69, 9.17) is 0 Å². The molecule has 17 heavy (non-hydrogen) atoms. The van der Waals surface area contributed by atoms with Gasteiger partial charge >= 0.3 is 0 Å². The largest absolute Gasteiger partial charge is 0.352 e. The zero-order valence-electron chi connectivity index (χ0n) is 10.0. The van der Waals surface area contributed by atoms with Crippen molar-refractivity contribution < 1.29 is 0 Å². The lowest BCUT2D eigenvalue weighted by atomic mass is 10.1. The minimum Gasteiger partial charge on any atom is -0.352 e. The van der Waals surface area contributed by atoms with Gasteiger partial charge in [0.15, 0.2) is 0 Å². The van der Waals surface area contributed by atoms with Crippen LogP contribution in [0.3, 0.4) is 0 Å². The Morgan fingerprint density at radius 2 is 2.00 bits per heavy atom. The van der Waals surface area contributed by atoms with Crippen LogP contribution in [-0.2, 0) is 6.42 Å². The van der Waals surface area contributed by atoms with Crippen LogP contribution in [0.2, 0.25) is 0 Å². The summed E-state index contributed by atoms with van der Waals surface area (Å²) in [6.45, 7) is 3.76. The van der Waals surface area contributed by atoms with Gasteiger partial charge < -0.3 is 4.90 Å². The van der Waals surface area contributed by atoms with Gasteiger partial charge in [-0.3, -0.25) is 4.98 Å². The molecule has 0 fully saturated rings. The number of pyridine rings is 1. The molecule has 0 bridgehead atoms. The molecule has 0 saturated carbocycles. The first-order chi connectivity index (χ1) is 8.29. The number of nitrogens with zero attached hydrogens (tertiary/aromatic N) is 2. The molecule has 0 saturated heterocycles. The molecule has 0 aliphatic carbocycles. The standard InChI is InChI=1S/C15H16N2/c1-3-17(2)15-9-10-16-14(12-15)11-13-7-5-4-6-8-13/h3-10,12H,1,11H2,2H3. The summed E-state index contributed by atoms with van der Waals surface area (Å²) >= 11 is 0. The number of aromatic nitrogens is 1. The predicted molar refractivity (Wildman–Crippen MR) is 72.1 cm³/mol. The minimum absolute atomic E-state index is 0.861.